The topological polar surface area (TPSA) is 85.7 Å². The van der Waals surface area contributed by atoms with Crippen molar-refractivity contribution in [3.05, 3.63) is 70.4 Å². The summed E-state index contributed by atoms with van der Waals surface area (Å²) in [6.07, 6.45) is 5.69. The van der Waals surface area contributed by atoms with Gasteiger partial charge in [-0.2, -0.15) is 20.7 Å². The van der Waals surface area contributed by atoms with Gasteiger partial charge in [0.05, 0.1) is 17.8 Å². The fraction of sp³-hybridized carbons (Fsp3) is 0.385. The Morgan fingerprint density at radius 2 is 1.94 bits per heavy atom. The number of aromatic amines is 1. The fourth-order valence-corrected chi connectivity index (χ4v) is 4.94. The van der Waals surface area contributed by atoms with E-state index in [2.05, 4.69) is 27.5 Å². The van der Waals surface area contributed by atoms with Crippen molar-refractivity contribution in [1.82, 2.24) is 20.3 Å². The molecule has 5 rings (SSSR count). The summed E-state index contributed by atoms with van der Waals surface area (Å²) in [6.45, 7) is 2.67. The van der Waals surface area contributed by atoms with E-state index >= 15 is 4.39 Å². The molecule has 2 heterocycles. The lowest BCUT2D eigenvalue weighted by Gasteiger charge is -2.37. The first-order chi connectivity index (χ1) is 16.0. The highest BCUT2D eigenvalue weighted by molar-refractivity contribution is 5.97. The molecule has 0 bridgehead atoms. The van der Waals surface area contributed by atoms with Gasteiger partial charge in [0, 0.05) is 37.1 Å². The summed E-state index contributed by atoms with van der Waals surface area (Å²) < 4.78 is 15.7. The lowest BCUT2D eigenvalue weighted by atomic mass is 9.76. The molecule has 7 heteroatoms. The Kier molecular flexibility index (Phi) is 5.45. The Hall–Kier alpha value is -3.53. The number of alkyl halides is 1. The van der Waals surface area contributed by atoms with Crippen LogP contribution in [-0.2, 0) is 5.67 Å². The number of nitrogens with one attached hydrogen (secondary N) is 1. The maximum Gasteiger partial charge on any atom is 0.254 e. The van der Waals surface area contributed by atoms with Crippen molar-refractivity contribution in [2.24, 2.45) is 0 Å². The number of nitrogens with zero attached hydrogens (tertiary/aromatic N) is 4. The molecule has 6 nitrogen and oxygen atoms in total. The largest absolute Gasteiger partial charge is 0.338 e. The molecule has 0 spiro atoms. The van der Waals surface area contributed by atoms with Gasteiger partial charge in [0.2, 0.25) is 0 Å². The van der Waals surface area contributed by atoms with Crippen molar-refractivity contribution in [2.45, 2.75) is 50.6 Å². The first-order valence-electron chi connectivity index (χ1n) is 11.5. The lowest BCUT2D eigenvalue weighted by molar-refractivity contribution is 0.0421. The first-order valence-corrected chi connectivity index (χ1v) is 11.5. The maximum absolute atomic E-state index is 15.7. The first kappa shape index (κ1) is 21.3. The number of hydrogen-bond acceptors (Lipinski definition) is 4. The molecule has 1 N–H and O–H groups in total. The van der Waals surface area contributed by atoms with Crippen LogP contribution in [0.3, 0.4) is 0 Å². The van der Waals surface area contributed by atoms with Gasteiger partial charge < -0.3 is 4.90 Å². The van der Waals surface area contributed by atoms with Crippen LogP contribution >= 0.6 is 0 Å². The number of carbonyl (C=O) groups is 1. The normalized spacial score (nSPS) is 17.9. The van der Waals surface area contributed by atoms with Crippen LogP contribution in [0.2, 0.25) is 0 Å². The van der Waals surface area contributed by atoms with Crippen LogP contribution < -0.4 is 0 Å². The number of aromatic nitrogens is 3. The van der Waals surface area contributed by atoms with Crippen LogP contribution in [0.1, 0.15) is 70.6 Å². The Morgan fingerprint density at radius 1 is 1.21 bits per heavy atom. The zero-order valence-electron chi connectivity index (χ0n) is 18.6. The summed E-state index contributed by atoms with van der Waals surface area (Å²) in [5, 5.41) is 19.9. The average molecular weight is 444 g/mol. The second kappa shape index (κ2) is 8.43. The monoisotopic (exact) mass is 443 g/mol. The number of hydrogen-bond donors (Lipinski definition) is 1. The van der Waals surface area contributed by atoms with Gasteiger partial charge in [0.25, 0.3) is 5.91 Å². The third kappa shape index (κ3) is 3.91. The number of likely N-dealkylation sites (tertiary alicyclic amines) is 1. The molecule has 1 aliphatic heterocycles. The van der Waals surface area contributed by atoms with E-state index in [-0.39, 0.29) is 18.7 Å². The Morgan fingerprint density at radius 3 is 2.52 bits per heavy atom. The van der Waals surface area contributed by atoms with E-state index in [1.165, 1.54) is 12.0 Å². The molecule has 3 aromatic rings. The predicted molar refractivity (Wildman–Crippen MR) is 122 cm³/mol. The third-order valence-electron chi connectivity index (χ3n) is 7.24. The number of benzene rings is 2. The summed E-state index contributed by atoms with van der Waals surface area (Å²) in [7, 11) is 0. The highest BCUT2D eigenvalue weighted by Crippen LogP contribution is 2.42. The predicted octanol–water partition coefficient (Wildman–Crippen LogP) is 5.02. The number of aryl methyl sites for hydroxylation is 1. The van der Waals surface area contributed by atoms with E-state index in [1.54, 1.807) is 35.4 Å². The Labute approximate surface area is 192 Å². The molecule has 1 aliphatic carbocycles. The third-order valence-corrected chi connectivity index (χ3v) is 7.24. The molecule has 2 fully saturated rings. The van der Waals surface area contributed by atoms with Crippen molar-refractivity contribution >= 4 is 5.91 Å². The van der Waals surface area contributed by atoms with Crippen molar-refractivity contribution in [3.8, 4) is 17.3 Å². The summed E-state index contributed by atoms with van der Waals surface area (Å²) in [5.41, 5.74) is 4.11. The number of nitriles is 1. The van der Waals surface area contributed by atoms with E-state index in [4.69, 9.17) is 5.26 Å². The number of halogens is 1. The molecule has 0 unspecified atom stereocenters. The van der Waals surface area contributed by atoms with Gasteiger partial charge in [-0.25, -0.2) is 4.39 Å². The Bertz CT molecular complexity index is 1200. The number of H-pyrrole nitrogens is 1. The smallest absolute Gasteiger partial charge is 0.254 e. The zero-order valence-corrected chi connectivity index (χ0v) is 18.6. The van der Waals surface area contributed by atoms with Crippen LogP contribution in [0, 0.1) is 18.3 Å². The number of carbonyl (C=O) groups excluding carboxylic acids is 1. The number of piperidine rings is 1. The fourth-order valence-electron chi connectivity index (χ4n) is 4.94. The van der Waals surface area contributed by atoms with Crippen molar-refractivity contribution in [2.75, 3.05) is 13.1 Å². The number of rotatable bonds is 4. The number of amides is 1. The minimum absolute atomic E-state index is 0.0701. The van der Waals surface area contributed by atoms with Crippen LogP contribution in [0.15, 0.2) is 42.6 Å². The zero-order chi connectivity index (χ0) is 23.0. The van der Waals surface area contributed by atoms with Gasteiger partial charge in [0.15, 0.2) is 0 Å². The minimum atomic E-state index is -1.49. The van der Waals surface area contributed by atoms with Crippen molar-refractivity contribution in [3.63, 3.8) is 0 Å². The van der Waals surface area contributed by atoms with E-state index in [9.17, 15) is 4.79 Å². The van der Waals surface area contributed by atoms with Gasteiger partial charge in [-0.1, -0.05) is 24.6 Å². The van der Waals surface area contributed by atoms with Gasteiger partial charge in [-0.15, -0.1) is 0 Å². The molecule has 1 aromatic heterocycles. The summed E-state index contributed by atoms with van der Waals surface area (Å²) >= 11 is 0. The van der Waals surface area contributed by atoms with E-state index in [0.29, 0.717) is 35.7 Å². The van der Waals surface area contributed by atoms with E-state index in [1.807, 2.05) is 13.0 Å². The Balaban J connectivity index is 1.38. The second-order valence-corrected chi connectivity index (χ2v) is 9.18. The molecule has 2 aromatic carbocycles. The van der Waals surface area contributed by atoms with Crippen LogP contribution in [0.4, 0.5) is 4.39 Å². The average Bonchev–Trinajstić information content (AvgIpc) is 3.33. The van der Waals surface area contributed by atoms with Crippen LogP contribution in [-0.4, -0.2) is 39.3 Å². The van der Waals surface area contributed by atoms with Crippen molar-refractivity contribution in [1.29, 1.82) is 5.26 Å². The molecular formula is C26H26FN5O. The van der Waals surface area contributed by atoms with Gasteiger partial charge in [-0.3, -0.25) is 4.79 Å². The molecule has 2 aliphatic rings. The molecule has 1 amide bonds. The quantitative estimate of drug-likeness (QED) is 0.613. The summed E-state index contributed by atoms with van der Waals surface area (Å²) in [5.74, 6) is 0.424. The summed E-state index contributed by atoms with van der Waals surface area (Å²) in [6, 6.07) is 12.8. The SMILES string of the molecule is Cc1cc(C2CCC2)c(-c2cn[nH]n2)cc1C(=O)N1CCC(F)(c2ccc(C#N)cc2)CC1. The highest BCUT2D eigenvalue weighted by Gasteiger charge is 2.38. The highest BCUT2D eigenvalue weighted by atomic mass is 19.1. The van der Waals surface area contributed by atoms with Crippen LogP contribution in [0.5, 0.6) is 0 Å². The van der Waals surface area contributed by atoms with Gasteiger partial charge in [-0.05, 0) is 60.6 Å². The minimum Gasteiger partial charge on any atom is -0.338 e. The van der Waals surface area contributed by atoms with E-state index < -0.39 is 5.67 Å². The molecule has 33 heavy (non-hydrogen) atoms. The molecule has 168 valence electrons. The van der Waals surface area contributed by atoms with Gasteiger partial charge >= 0.3 is 0 Å². The molecular weight excluding hydrogens is 417 g/mol. The standard InChI is InChI=1S/C26H26FN5O/c1-17-13-22(19-3-2-4-19)23(24-16-29-31-30-24)14-21(17)25(33)32-11-9-26(27,10-12-32)20-7-5-18(15-28)6-8-20/h5-8,13-14,16,19H,2-4,9-12H2,1H3,(H,29,30,31). The van der Waals surface area contributed by atoms with Gasteiger partial charge in [0.1, 0.15) is 11.4 Å². The summed E-state index contributed by atoms with van der Waals surface area (Å²) in [4.78, 5) is 15.2. The lowest BCUT2D eigenvalue weighted by Crippen LogP contribution is -2.43. The van der Waals surface area contributed by atoms with E-state index in [0.717, 1.165) is 29.7 Å². The second-order valence-electron chi connectivity index (χ2n) is 9.18. The maximum atomic E-state index is 15.7. The van der Waals surface area contributed by atoms with Crippen molar-refractivity contribution < 1.29 is 9.18 Å². The molecule has 0 radical (unpaired) electrons. The van der Waals surface area contributed by atoms with Crippen LogP contribution in [0.25, 0.3) is 11.3 Å². The molecule has 1 saturated heterocycles. The molecule has 1 saturated carbocycles. The molecule has 0 atom stereocenters.